The van der Waals surface area contributed by atoms with Gasteiger partial charge in [0.05, 0.1) is 0 Å². The smallest absolute Gasteiger partial charge is 0.134 e. The summed E-state index contributed by atoms with van der Waals surface area (Å²) in [7, 11) is 4.18. The lowest BCUT2D eigenvalue weighted by Gasteiger charge is -2.15. The normalized spacial score (nSPS) is 10.8. The average Bonchev–Trinajstić information content (AvgIpc) is 2.38. The van der Waals surface area contributed by atoms with Crippen molar-refractivity contribution in [2.24, 2.45) is 0 Å². The van der Waals surface area contributed by atoms with Gasteiger partial charge in [-0.15, -0.1) is 0 Å². The van der Waals surface area contributed by atoms with E-state index in [1.165, 1.54) is 0 Å². The molecule has 0 saturated heterocycles. The molecule has 0 spiro atoms. The molecule has 0 aliphatic rings. The van der Waals surface area contributed by atoms with Crippen LogP contribution in [-0.4, -0.2) is 48.6 Å². The fourth-order valence-electron chi connectivity index (χ4n) is 1.83. The molecule has 0 amide bonds. The van der Waals surface area contributed by atoms with Crippen molar-refractivity contribution in [2.75, 3.05) is 44.4 Å². The van der Waals surface area contributed by atoms with E-state index in [-0.39, 0.29) is 0 Å². The molecule has 2 N–H and O–H groups in total. The van der Waals surface area contributed by atoms with Crippen molar-refractivity contribution in [1.29, 1.82) is 0 Å². The summed E-state index contributed by atoms with van der Waals surface area (Å²) in [4.78, 5) is 11.3. The second kappa shape index (κ2) is 7.94. The lowest BCUT2D eigenvalue weighted by molar-refractivity contribution is 0.405. The second-order valence-corrected chi connectivity index (χ2v) is 4.93. The standard InChI is InChI=1S/C14H27N5/c1-6-12-17-13(15-7-2)11(3)14(18-12)16-9-8-10-19(4)5/h6-10H2,1-5H3,(H2,15,16,17,18). The molecule has 0 aliphatic carbocycles. The Morgan fingerprint density at radius 2 is 1.68 bits per heavy atom. The first-order valence-electron chi connectivity index (χ1n) is 7.08. The summed E-state index contributed by atoms with van der Waals surface area (Å²) in [5.74, 6) is 2.79. The molecule has 0 bridgehead atoms. The van der Waals surface area contributed by atoms with Crippen LogP contribution in [0.1, 0.15) is 31.7 Å². The highest BCUT2D eigenvalue weighted by atomic mass is 15.1. The van der Waals surface area contributed by atoms with Gasteiger partial charge in [-0.2, -0.15) is 0 Å². The number of aromatic nitrogens is 2. The van der Waals surface area contributed by atoms with Crippen LogP contribution in [-0.2, 0) is 6.42 Å². The topological polar surface area (TPSA) is 53.1 Å². The molecule has 0 fully saturated rings. The van der Waals surface area contributed by atoms with Crippen molar-refractivity contribution in [3.63, 3.8) is 0 Å². The molecule has 0 aliphatic heterocycles. The summed E-state index contributed by atoms with van der Waals surface area (Å²) in [6.45, 7) is 9.11. The van der Waals surface area contributed by atoms with Crippen LogP contribution in [0.15, 0.2) is 0 Å². The first-order valence-corrected chi connectivity index (χ1v) is 7.08. The van der Waals surface area contributed by atoms with Crippen LogP contribution in [0.2, 0.25) is 0 Å². The quantitative estimate of drug-likeness (QED) is 0.705. The van der Waals surface area contributed by atoms with Gasteiger partial charge in [0, 0.05) is 25.1 Å². The number of aryl methyl sites for hydroxylation is 1. The molecule has 1 rings (SSSR count). The van der Waals surface area contributed by atoms with Crippen molar-refractivity contribution >= 4 is 11.6 Å². The van der Waals surface area contributed by atoms with Crippen molar-refractivity contribution in [2.45, 2.75) is 33.6 Å². The Kier molecular flexibility index (Phi) is 6.56. The van der Waals surface area contributed by atoms with Gasteiger partial charge >= 0.3 is 0 Å². The van der Waals surface area contributed by atoms with Crippen LogP contribution in [0.3, 0.4) is 0 Å². The lowest BCUT2D eigenvalue weighted by atomic mass is 10.2. The van der Waals surface area contributed by atoms with E-state index >= 15 is 0 Å². The Morgan fingerprint density at radius 1 is 1.05 bits per heavy atom. The van der Waals surface area contributed by atoms with Gasteiger partial charge in [0.15, 0.2) is 0 Å². The van der Waals surface area contributed by atoms with Gasteiger partial charge in [0.25, 0.3) is 0 Å². The minimum Gasteiger partial charge on any atom is -0.370 e. The minimum atomic E-state index is 0.852. The molecule has 1 aromatic heterocycles. The number of hydrogen-bond donors (Lipinski definition) is 2. The van der Waals surface area contributed by atoms with Gasteiger partial charge in [0.2, 0.25) is 0 Å². The number of rotatable bonds is 8. The van der Waals surface area contributed by atoms with E-state index < -0.39 is 0 Å². The number of nitrogens with one attached hydrogen (secondary N) is 2. The number of hydrogen-bond acceptors (Lipinski definition) is 5. The van der Waals surface area contributed by atoms with Gasteiger partial charge in [-0.05, 0) is 40.9 Å². The monoisotopic (exact) mass is 265 g/mol. The van der Waals surface area contributed by atoms with E-state index in [0.717, 1.165) is 55.5 Å². The molecule has 0 atom stereocenters. The highest BCUT2D eigenvalue weighted by molar-refractivity contribution is 5.57. The SMILES string of the molecule is CCNc1nc(CC)nc(NCCCN(C)C)c1C. The molecule has 0 saturated carbocycles. The van der Waals surface area contributed by atoms with Gasteiger partial charge in [-0.25, -0.2) is 9.97 Å². The molecule has 5 nitrogen and oxygen atoms in total. The highest BCUT2D eigenvalue weighted by Crippen LogP contribution is 2.20. The summed E-state index contributed by atoms with van der Waals surface area (Å²) in [6.07, 6.45) is 1.96. The summed E-state index contributed by atoms with van der Waals surface area (Å²) < 4.78 is 0. The lowest BCUT2D eigenvalue weighted by Crippen LogP contribution is -2.17. The van der Waals surface area contributed by atoms with Gasteiger partial charge < -0.3 is 15.5 Å². The Bertz CT molecular complexity index is 390. The molecule has 1 heterocycles. The second-order valence-electron chi connectivity index (χ2n) is 4.93. The molecule has 108 valence electrons. The zero-order valence-corrected chi connectivity index (χ0v) is 12.9. The van der Waals surface area contributed by atoms with Crippen LogP contribution >= 0.6 is 0 Å². The zero-order chi connectivity index (χ0) is 14.3. The maximum atomic E-state index is 4.57. The summed E-state index contributed by atoms with van der Waals surface area (Å²) >= 11 is 0. The third-order valence-electron chi connectivity index (χ3n) is 2.93. The Labute approximate surface area is 116 Å². The van der Waals surface area contributed by atoms with Crippen LogP contribution in [0.4, 0.5) is 11.6 Å². The molecule has 0 unspecified atom stereocenters. The summed E-state index contributed by atoms with van der Waals surface area (Å²) in [5.41, 5.74) is 1.10. The predicted molar refractivity (Wildman–Crippen MR) is 82.0 cm³/mol. The Morgan fingerprint density at radius 3 is 2.21 bits per heavy atom. The largest absolute Gasteiger partial charge is 0.370 e. The molecule has 0 aromatic carbocycles. The zero-order valence-electron chi connectivity index (χ0n) is 12.9. The van der Waals surface area contributed by atoms with Crippen LogP contribution in [0.25, 0.3) is 0 Å². The van der Waals surface area contributed by atoms with E-state index in [9.17, 15) is 0 Å². The predicted octanol–water partition coefficient (Wildman–Crippen LogP) is 2.14. The Balaban J connectivity index is 2.72. The molecule has 0 radical (unpaired) electrons. The number of nitrogens with zero attached hydrogens (tertiary/aromatic N) is 3. The van der Waals surface area contributed by atoms with Gasteiger partial charge in [0.1, 0.15) is 17.5 Å². The summed E-state index contributed by atoms with van der Waals surface area (Å²) in [6, 6.07) is 0. The molecular weight excluding hydrogens is 238 g/mol. The third kappa shape index (κ3) is 5.03. The molecule has 1 aromatic rings. The summed E-state index contributed by atoms with van der Waals surface area (Å²) in [5, 5.41) is 6.72. The highest BCUT2D eigenvalue weighted by Gasteiger charge is 2.09. The van der Waals surface area contributed by atoms with Crippen molar-refractivity contribution < 1.29 is 0 Å². The molecular formula is C14H27N5. The maximum Gasteiger partial charge on any atom is 0.134 e. The van der Waals surface area contributed by atoms with Crippen molar-refractivity contribution in [3.8, 4) is 0 Å². The number of anilines is 2. The fourth-order valence-corrected chi connectivity index (χ4v) is 1.83. The third-order valence-corrected chi connectivity index (χ3v) is 2.93. The van der Waals surface area contributed by atoms with E-state index in [2.05, 4.69) is 60.4 Å². The van der Waals surface area contributed by atoms with E-state index in [0.29, 0.717) is 0 Å². The van der Waals surface area contributed by atoms with Gasteiger partial charge in [-0.3, -0.25) is 0 Å². The average molecular weight is 265 g/mol. The maximum absolute atomic E-state index is 4.57. The van der Waals surface area contributed by atoms with E-state index in [1.54, 1.807) is 0 Å². The van der Waals surface area contributed by atoms with Crippen LogP contribution in [0, 0.1) is 6.92 Å². The van der Waals surface area contributed by atoms with Crippen molar-refractivity contribution in [3.05, 3.63) is 11.4 Å². The fraction of sp³-hybridized carbons (Fsp3) is 0.714. The van der Waals surface area contributed by atoms with E-state index in [1.807, 2.05) is 0 Å². The van der Waals surface area contributed by atoms with Crippen molar-refractivity contribution in [1.82, 2.24) is 14.9 Å². The molecule has 19 heavy (non-hydrogen) atoms. The first-order chi connectivity index (χ1) is 9.08. The van der Waals surface area contributed by atoms with Crippen LogP contribution in [0.5, 0.6) is 0 Å². The first kappa shape index (κ1) is 15.7. The minimum absolute atomic E-state index is 0.852. The Hall–Kier alpha value is -1.36. The molecule has 5 heteroatoms. The van der Waals surface area contributed by atoms with Crippen LogP contribution < -0.4 is 10.6 Å². The van der Waals surface area contributed by atoms with E-state index in [4.69, 9.17) is 0 Å². The van der Waals surface area contributed by atoms with Gasteiger partial charge in [-0.1, -0.05) is 6.92 Å².